The Labute approximate surface area is 110 Å². The molecule has 8 nitrogen and oxygen atoms in total. The number of aromatic nitrogens is 4. The Morgan fingerprint density at radius 2 is 2.00 bits per heavy atom. The average Bonchev–Trinajstić information content (AvgIpc) is 2.85. The summed E-state index contributed by atoms with van der Waals surface area (Å²) in [5.41, 5.74) is -1.07. The van der Waals surface area contributed by atoms with E-state index in [0.29, 0.717) is 0 Å². The van der Waals surface area contributed by atoms with Crippen molar-refractivity contribution in [3.8, 4) is 0 Å². The molecule has 10 heteroatoms. The molecule has 110 valence electrons. The van der Waals surface area contributed by atoms with E-state index in [1.54, 1.807) is 0 Å². The molecule has 0 aromatic carbocycles. The molecule has 3 N–H and O–H groups in total. The molecule has 0 aliphatic rings. The maximum absolute atomic E-state index is 12.9. The van der Waals surface area contributed by atoms with E-state index in [1.165, 1.54) is 14.1 Å². The molecule has 0 bridgehead atoms. The number of aromatic amines is 1. The minimum absolute atomic E-state index is 0.0319. The normalized spacial score (nSPS) is 12.1. The lowest BCUT2D eigenvalue weighted by atomic mass is 10.3. The van der Waals surface area contributed by atoms with E-state index in [9.17, 15) is 18.4 Å². The maximum Gasteiger partial charge on any atom is 0.332 e. The molecule has 0 amide bonds. The summed E-state index contributed by atoms with van der Waals surface area (Å²) in [6.07, 6.45) is 0. The molecule has 0 unspecified atom stereocenters. The Kier molecular flexibility index (Phi) is 3.34. The van der Waals surface area contributed by atoms with Crippen molar-refractivity contribution in [2.45, 2.75) is 5.92 Å². The zero-order valence-corrected chi connectivity index (χ0v) is 10.8. The number of aliphatic hydroxyl groups excluding tert-OH is 1. The van der Waals surface area contributed by atoms with E-state index in [4.69, 9.17) is 5.11 Å². The van der Waals surface area contributed by atoms with Gasteiger partial charge in [-0.3, -0.25) is 13.9 Å². The van der Waals surface area contributed by atoms with Crippen LogP contribution >= 0.6 is 0 Å². The van der Waals surface area contributed by atoms with E-state index < -0.39 is 30.3 Å². The number of nitrogens with zero attached hydrogens (tertiary/aromatic N) is 3. The number of rotatable bonds is 4. The van der Waals surface area contributed by atoms with Crippen LogP contribution in [-0.4, -0.2) is 43.3 Å². The number of hydrogen-bond acceptors (Lipinski definition) is 5. The van der Waals surface area contributed by atoms with Gasteiger partial charge in [-0.25, -0.2) is 13.6 Å². The van der Waals surface area contributed by atoms with Gasteiger partial charge in [-0.2, -0.15) is 4.98 Å². The summed E-state index contributed by atoms with van der Waals surface area (Å²) in [6, 6.07) is 0. The van der Waals surface area contributed by atoms with Crippen molar-refractivity contribution >= 4 is 17.1 Å². The molecule has 0 spiro atoms. The minimum Gasteiger partial charge on any atom is -0.390 e. The first-order chi connectivity index (χ1) is 9.26. The summed E-state index contributed by atoms with van der Waals surface area (Å²) in [5, 5.41) is 10.7. The highest BCUT2D eigenvalue weighted by Gasteiger charge is 2.27. The second kappa shape index (κ2) is 4.71. The largest absolute Gasteiger partial charge is 0.390 e. The van der Waals surface area contributed by atoms with Gasteiger partial charge >= 0.3 is 5.69 Å². The highest BCUT2D eigenvalue weighted by atomic mass is 19.3. The number of fused-ring (bicyclic) bond motifs is 1. The zero-order chi connectivity index (χ0) is 15.1. The summed E-state index contributed by atoms with van der Waals surface area (Å²) in [6.45, 7) is -2.15. The Balaban J connectivity index is 2.45. The third-order valence-electron chi connectivity index (χ3n) is 2.84. The highest BCUT2D eigenvalue weighted by molar-refractivity contribution is 5.72. The summed E-state index contributed by atoms with van der Waals surface area (Å²) >= 11 is 0. The fourth-order valence-electron chi connectivity index (χ4n) is 1.68. The van der Waals surface area contributed by atoms with E-state index in [1.807, 2.05) is 0 Å². The first kappa shape index (κ1) is 14.2. The summed E-state index contributed by atoms with van der Waals surface area (Å²) in [5.74, 6) is -3.39. The van der Waals surface area contributed by atoms with Gasteiger partial charge in [0.25, 0.3) is 11.5 Å². The molecule has 0 fully saturated rings. The van der Waals surface area contributed by atoms with Crippen molar-refractivity contribution in [1.29, 1.82) is 0 Å². The number of aliphatic hydroxyl groups is 1. The fraction of sp³-hybridized carbons (Fsp3) is 0.500. The van der Waals surface area contributed by atoms with E-state index in [-0.39, 0.29) is 17.1 Å². The molecular formula is C10H13F2N5O3. The number of halogens is 2. The lowest BCUT2D eigenvalue weighted by Gasteiger charge is -2.12. The van der Waals surface area contributed by atoms with Crippen molar-refractivity contribution in [3.63, 3.8) is 0 Å². The number of anilines is 1. The summed E-state index contributed by atoms with van der Waals surface area (Å²) in [7, 11) is 2.72. The highest BCUT2D eigenvalue weighted by Crippen LogP contribution is 2.14. The fourth-order valence-corrected chi connectivity index (χ4v) is 1.68. The monoisotopic (exact) mass is 289 g/mol. The maximum atomic E-state index is 12.9. The molecule has 20 heavy (non-hydrogen) atoms. The second-order valence-electron chi connectivity index (χ2n) is 4.36. The van der Waals surface area contributed by atoms with Crippen LogP contribution in [0.25, 0.3) is 11.2 Å². The molecule has 0 atom stereocenters. The van der Waals surface area contributed by atoms with E-state index >= 15 is 0 Å². The Morgan fingerprint density at radius 3 is 2.60 bits per heavy atom. The first-order valence-electron chi connectivity index (χ1n) is 5.65. The predicted octanol–water partition coefficient (Wildman–Crippen LogP) is -1.00. The molecule has 0 radical (unpaired) electrons. The SMILES string of the molecule is Cn1c(=O)c2[nH]c(NCC(F)(F)CO)nc2n(C)c1=O. The van der Waals surface area contributed by atoms with Crippen LogP contribution in [0.1, 0.15) is 0 Å². The molecule has 2 aromatic heterocycles. The minimum atomic E-state index is -3.31. The van der Waals surface area contributed by atoms with Crippen molar-refractivity contribution in [3.05, 3.63) is 20.8 Å². The Bertz CT molecular complexity index is 761. The Hall–Kier alpha value is -2.23. The van der Waals surface area contributed by atoms with Crippen LogP contribution in [0, 0.1) is 0 Å². The van der Waals surface area contributed by atoms with Crippen molar-refractivity contribution < 1.29 is 13.9 Å². The third-order valence-corrected chi connectivity index (χ3v) is 2.84. The van der Waals surface area contributed by atoms with E-state index in [0.717, 1.165) is 9.13 Å². The number of nitrogens with one attached hydrogen (secondary N) is 2. The quantitative estimate of drug-likeness (QED) is 0.669. The topological polar surface area (TPSA) is 105 Å². The predicted molar refractivity (Wildman–Crippen MR) is 67.1 cm³/mol. The van der Waals surface area contributed by atoms with Gasteiger partial charge in [0.1, 0.15) is 6.61 Å². The summed E-state index contributed by atoms with van der Waals surface area (Å²) in [4.78, 5) is 29.9. The van der Waals surface area contributed by atoms with Crippen molar-refractivity contribution in [1.82, 2.24) is 19.1 Å². The zero-order valence-electron chi connectivity index (χ0n) is 10.8. The molecule has 2 rings (SSSR count). The number of alkyl halides is 2. The lowest BCUT2D eigenvalue weighted by molar-refractivity contribution is -0.0373. The van der Waals surface area contributed by atoms with Crippen LogP contribution in [0.15, 0.2) is 9.59 Å². The van der Waals surface area contributed by atoms with Crippen LogP contribution in [0.4, 0.5) is 14.7 Å². The second-order valence-corrected chi connectivity index (χ2v) is 4.36. The number of H-pyrrole nitrogens is 1. The van der Waals surface area contributed by atoms with Crippen LogP contribution < -0.4 is 16.6 Å². The average molecular weight is 289 g/mol. The van der Waals surface area contributed by atoms with Gasteiger partial charge in [-0.05, 0) is 0 Å². The van der Waals surface area contributed by atoms with Crippen molar-refractivity contribution in [2.75, 3.05) is 18.5 Å². The molecule has 2 aromatic rings. The van der Waals surface area contributed by atoms with Crippen LogP contribution in [-0.2, 0) is 14.1 Å². The van der Waals surface area contributed by atoms with Crippen LogP contribution in [0.2, 0.25) is 0 Å². The van der Waals surface area contributed by atoms with Gasteiger partial charge in [-0.15, -0.1) is 0 Å². The number of hydrogen-bond donors (Lipinski definition) is 3. The molecular weight excluding hydrogens is 276 g/mol. The van der Waals surface area contributed by atoms with Gasteiger partial charge in [-0.1, -0.05) is 0 Å². The third kappa shape index (κ3) is 2.29. The summed E-state index contributed by atoms with van der Waals surface area (Å²) < 4.78 is 27.8. The van der Waals surface area contributed by atoms with Gasteiger partial charge in [0.2, 0.25) is 5.95 Å². The van der Waals surface area contributed by atoms with Gasteiger partial charge in [0, 0.05) is 14.1 Å². The van der Waals surface area contributed by atoms with E-state index in [2.05, 4.69) is 15.3 Å². The Morgan fingerprint density at radius 1 is 1.35 bits per heavy atom. The molecule has 0 aliphatic heterocycles. The van der Waals surface area contributed by atoms with Gasteiger partial charge < -0.3 is 15.4 Å². The molecule has 2 heterocycles. The standard InChI is InChI=1S/C10H13F2N5O3/c1-16-6-5(7(19)17(2)9(16)20)14-8(15-6)13-3-10(11,12)4-18/h18H,3-4H2,1-2H3,(H2,13,14,15). The molecule has 0 saturated heterocycles. The van der Waals surface area contributed by atoms with Crippen LogP contribution in [0.3, 0.4) is 0 Å². The van der Waals surface area contributed by atoms with Gasteiger partial charge in [0.05, 0.1) is 6.54 Å². The molecule has 0 saturated carbocycles. The van der Waals surface area contributed by atoms with Gasteiger partial charge in [0.15, 0.2) is 11.2 Å². The van der Waals surface area contributed by atoms with Crippen LogP contribution in [0.5, 0.6) is 0 Å². The number of imidazole rings is 1. The van der Waals surface area contributed by atoms with Crippen molar-refractivity contribution in [2.24, 2.45) is 14.1 Å². The molecule has 0 aliphatic carbocycles. The first-order valence-corrected chi connectivity index (χ1v) is 5.65. The smallest absolute Gasteiger partial charge is 0.332 e. The lowest BCUT2D eigenvalue weighted by Crippen LogP contribution is -2.36. The number of aryl methyl sites for hydroxylation is 1.